The number of nitrogen functional groups attached to an aromatic ring is 1. The van der Waals surface area contributed by atoms with Crippen LogP contribution in [0.25, 0.3) is 0 Å². The van der Waals surface area contributed by atoms with E-state index in [1.54, 1.807) is 0 Å². The molecule has 5 nitrogen and oxygen atoms in total. The second-order valence-corrected chi connectivity index (χ2v) is 7.24. The number of nitrogens with zero attached hydrogens (tertiary/aromatic N) is 1. The molecule has 0 amide bonds. The lowest BCUT2D eigenvalue weighted by atomic mass is 10.3. The minimum absolute atomic E-state index is 0.151. The van der Waals surface area contributed by atoms with Crippen LogP contribution in [0.15, 0.2) is 39.1 Å². The zero-order valence-corrected chi connectivity index (χ0v) is 11.6. The van der Waals surface area contributed by atoms with Gasteiger partial charge in [-0.05, 0) is 40.2 Å². The molecule has 0 aliphatic heterocycles. The fraction of sp³-hybridized carbons (Fsp3) is 0. The Balaban J connectivity index is 2.28. The van der Waals surface area contributed by atoms with Crippen molar-refractivity contribution < 1.29 is 8.42 Å². The standard InChI is InChI=1S/C9H8BrN3O2S2/c10-8-5-12-9(16-8)13-17(14,15)7-3-1-6(11)2-4-7/h1-5H,11H2,(H,12,13). The van der Waals surface area contributed by atoms with E-state index in [9.17, 15) is 8.42 Å². The number of halogens is 1. The Morgan fingerprint density at radius 2 is 1.94 bits per heavy atom. The Hall–Kier alpha value is -1.12. The molecule has 3 N–H and O–H groups in total. The number of anilines is 2. The van der Waals surface area contributed by atoms with Crippen molar-refractivity contribution >= 4 is 48.1 Å². The number of sulfonamides is 1. The Kier molecular flexibility index (Phi) is 3.36. The molecule has 1 heterocycles. The van der Waals surface area contributed by atoms with E-state index in [1.807, 2.05) is 0 Å². The predicted molar refractivity (Wildman–Crippen MR) is 71.5 cm³/mol. The van der Waals surface area contributed by atoms with Gasteiger partial charge in [-0.25, -0.2) is 13.4 Å². The van der Waals surface area contributed by atoms with Gasteiger partial charge in [-0.3, -0.25) is 4.72 Å². The van der Waals surface area contributed by atoms with Crippen LogP contribution in [0.2, 0.25) is 0 Å². The van der Waals surface area contributed by atoms with Crippen molar-refractivity contribution in [2.45, 2.75) is 4.90 Å². The highest BCUT2D eigenvalue weighted by Crippen LogP contribution is 2.25. The van der Waals surface area contributed by atoms with E-state index in [0.29, 0.717) is 10.8 Å². The highest BCUT2D eigenvalue weighted by molar-refractivity contribution is 9.11. The number of aromatic nitrogens is 1. The normalized spacial score (nSPS) is 11.4. The topological polar surface area (TPSA) is 85.1 Å². The van der Waals surface area contributed by atoms with Gasteiger partial charge in [0, 0.05) is 5.69 Å². The van der Waals surface area contributed by atoms with Gasteiger partial charge in [0.25, 0.3) is 10.0 Å². The van der Waals surface area contributed by atoms with Crippen LogP contribution < -0.4 is 10.5 Å². The molecule has 0 saturated heterocycles. The quantitative estimate of drug-likeness (QED) is 0.844. The molecular formula is C9H8BrN3O2S2. The third-order valence-electron chi connectivity index (χ3n) is 1.89. The summed E-state index contributed by atoms with van der Waals surface area (Å²) < 4.78 is 27.0. The first-order valence-electron chi connectivity index (χ1n) is 4.47. The molecule has 0 fully saturated rings. The van der Waals surface area contributed by atoms with E-state index in [4.69, 9.17) is 5.73 Å². The van der Waals surface area contributed by atoms with Gasteiger partial charge in [0.05, 0.1) is 14.9 Å². The average molecular weight is 334 g/mol. The van der Waals surface area contributed by atoms with Crippen LogP contribution in [-0.4, -0.2) is 13.4 Å². The Bertz CT molecular complexity index is 622. The molecule has 1 aromatic heterocycles. The van der Waals surface area contributed by atoms with E-state index in [-0.39, 0.29) is 4.90 Å². The number of hydrogen-bond acceptors (Lipinski definition) is 5. The van der Waals surface area contributed by atoms with Gasteiger partial charge in [-0.1, -0.05) is 11.3 Å². The highest BCUT2D eigenvalue weighted by Gasteiger charge is 2.15. The zero-order valence-electron chi connectivity index (χ0n) is 8.42. The molecule has 8 heteroatoms. The van der Waals surface area contributed by atoms with Crippen molar-refractivity contribution in [3.63, 3.8) is 0 Å². The summed E-state index contributed by atoms with van der Waals surface area (Å²) in [5.74, 6) is 0. The number of thiazole rings is 1. The molecule has 2 rings (SSSR count). The van der Waals surface area contributed by atoms with Gasteiger partial charge < -0.3 is 5.73 Å². The molecule has 0 atom stereocenters. The zero-order chi connectivity index (χ0) is 12.5. The van der Waals surface area contributed by atoms with Crippen LogP contribution in [0, 0.1) is 0 Å². The summed E-state index contributed by atoms with van der Waals surface area (Å²) in [4.78, 5) is 4.05. The van der Waals surface area contributed by atoms with Gasteiger partial charge in [0.15, 0.2) is 5.13 Å². The minimum Gasteiger partial charge on any atom is -0.399 e. The lowest BCUT2D eigenvalue weighted by Gasteiger charge is -2.04. The van der Waals surface area contributed by atoms with Crippen molar-refractivity contribution in [1.29, 1.82) is 0 Å². The van der Waals surface area contributed by atoms with Crippen LogP contribution in [0.5, 0.6) is 0 Å². The third-order valence-corrected chi connectivity index (χ3v) is 4.77. The summed E-state index contributed by atoms with van der Waals surface area (Å²) in [5, 5.41) is 0.314. The number of hydrogen-bond donors (Lipinski definition) is 2. The van der Waals surface area contributed by atoms with Crippen LogP contribution in [-0.2, 0) is 10.0 Å². The molecule has 2 aromatic rings. The maximum absolute atomic E-state index is 11.9. The summed E-state index contributed by atoms with van der Waals surface area (Å²) in [7, 11) is -3.60. The molecule has 90 valence electrons. The van der Waals surface area contributed by atoms with E-state index in [1.165, 1.54) is 41.8 Å². The van der Waals surface area contributed by atoms with Crippen LogP contribution in [0.3, 0.4) is 0 Å². The predicted octanol–water partition coefficient (Wildman–Crippen LogP) is 2.29. The number of nitrogens with one attached hydrogen (secondary N) is 1. The second kappa shape index (κ2) is 4.63. The van der Waals surface area contributed by atoms with Crippen LogP contribution in [0.4, 0.5) is 10.8 Å². The van der Waals surface area contributed by atoms with Crippen LogP contribution in [0.1, 0.15) is 0 Å². The Labute approximate surface area is 111 Å². The van der Waals surface area contributed by atoms with Crippen molar-refractivity contribution in [1.82, 2.24) is 4.98 Å². The van der Waals surface area contributed by atoms with Gasteiger partial charge in [0.1, 0.15) is 0 Å². The summed E-state index contributed by atoms with van der Waals surface area (Å²) in [6.45, 7) is 0. The van der Waals surface area contributed by atoms with Crippen molar-refractivity contribution in [3.8, 4) is 0 Å². The Morgan fingerprint density at radius 1 is 1.29 bits per heavy atom. The fourth-order valence-electron chi connectivity index (χ4n) is 1.12. The molecule has 0 aliphatic rings. The van der Waals surface area contributed by atoms with Gasteiger partial charge >= 0.3 is 0 Å². The van der Waals surface area contributed by atoms with Crippen molar-refractivity contribution in [2.24, 2.45) is 0 Å². The fourth-order valence-corrected chi connectivity index (χ4v) is 3.47. The van der Waals surface area contributed by atoms with Crippen LogP contribution >= 0.6 is 27.3 Å². The maximum atomic E-state index is 11.9. The third kappa shape index (κ3) is 2.96. The molecule has 0 spiro atoms. The highest BCUT2D eigenvalue weighted by atomic mass is 79.9. The summed E-state index contributed by atoms with van der Waals surface area (Å²) in [6.07, 6.45) is 1.53. The molecule has 17 heavy (non-hydrogen) atoms. The molecule has 1 aromatic carbocycles. The minimum atomic E-state index is -3.60. The van der Waals surface area contributed by atoms with Gasteiger partial charge in [-0.2, -0.15) is 0 Å². The van der Waals surface area contributed by atoms with E-state index in [0.717, 1.165) is 3.79 Å². The van der Waals surface area contributed by atoms with E-state index < -0.39 is 10.0 Å². The molecule has 0 unspecified atom stereocenters. The second-order valence-electron chi connectivity index (χ2n) is 3.14. The van der Waals surface area contributed by atoms with Gasteiger partial charge in [0.2, 0.25) is 0 Å². The van der Waals surface area contributed by atoms with E-state index >= 15 is 0 Å². The first-order chi connectivity index (χ1) is 7.97. The molecule has 0 saturated carbocycles. The lowest BCUT2D eigenvalue weighted by molar-refractivity contribution is 0.601. The van der Waals surface area contributed by atoms with Crippen molar-refractivity contribution in [3.05, 3.63) is 34.2 Å². The van der Waals surface area contributed by atoms with Crippen molar-refractivity contribution in [2.75, 3.05) is 10.5 Å². The molecule has 0 radical (unpaired) electrons. The first kappa shape index (κ1) is 12.3. The molecule has 0 bridgehead atoms. The van der Waals surface area contributed by atoms with E-state index in [2.05, 4.69) is 25.6 Å². The summed E-state index contributed by atoms with van der Waals surface area (Å²) in [5.41, 5.74) is 6.01. The maximum Gasteiger partial charge on any atom is 0.263 e. The summed E-state index contributed by atoms with van der Waals surface area (Å²) in [6, 6.07) is 5.96. The average Bonchev–Trinajstić information content (AvgIpc) is 2.63. The molecule has 0 aliphatic carbocycles. The van der Waals surface area contributed by atoms with Gasteiger partial charge in [-0.15, -0.1) is 0 Å². The Morgan fingerprint density at radius 3 is 2.47 bits per heavy atom. The first-order valence-corrected chi connectivity index (χ1v) is 7.56. The largest absolute Gasteiger partial charge is 0.399 e. The lowest BCUT2D eigenvalue weighted by Crippen LogP contribution is -2.12. The SMILES string of the molecule is Nc1ccc(S(=O)(=O)Nc2ncc(Br)s2)cc1. The number of nitrogens with two attached hydrogens (primary N) is 1. The number of rotatable bonds is 3. The molecular weight excluding hydrogens is 326 g/mol. The monoisotopic (exact) mass is 333 g/mol. The summed E-state index contributed by atoms with van der Waals surface area (Å²) >= 11 is 4.41. The smallest absolute Gasteiger partial charge is 0.263 e. The number of benzene rings is 1.